The molecule has 0 aliphatic carbocycles. The Kier molecular flexibility index (Phi) is 5.97. The number of benzene rings is 1. The number of ether oxygens (including phenoxy) is 1. The largest absolute Gasteiger partial charge is 0.383 e. The summed E-state index contributed by atoms with van der Waals surface area (Å²) in [6.07, 6.45) is 0. The van der Waals surface area contributed by atoms with Gasteiger partial charge in [0.25, 0.3) is 0 Å². The van der Waals surface area contributed by atoms with Crippen molar-refractivity contribution < 1.29 is 13.2 Å². The highest BCUT2D eigenvalue weighted by molar-refractivity contribution is 7.91. The van der Waals surface area contributed by atoms with Gasteiger partial charge in [0.1, 0.15) is 0 Å². The van der Waals surface area contributed by atoms with Crippen molar-refractivity contribution in [1.29, 1.82) is 0 Å². The van der Waals surface area contributed by atoms with Crippen molar-refractivity contribution in [3.8, 4) is 0 Å². The summed E-state index contributed by atoms with van der Waals surface area (Å²) < 4.78 is 30.0. The Labute approximate surface area is 116 Å². The van der Waals surface area contributed by atoms with Crippen LogP contribution in [-0.2, 0) is 14.6 Å². The van der Waals surface area contributed by atoms with Gasteiger partial charge in [-0.3, -0.25) is 0 Å². The van der Waals surface area contributed by atoms with Crippen molar-refractivity contribution in [2.75, 3.05) is 26.0 Å². The zero-order valence-electron chi connectivity index (χ0n) is 12.1. The molecule has 0 aliphatic rings. The van der Waals surface area contributed by atoms with Crippen LogP contribution in [0.4, 0.5) is 0 Å². The Morgan fingerprint density at radius 3 is 2.58 bits per heavy atom. The zero-order chi connectivity index (χ0) is 14.5. The molecule has 0 aromatic heterocycles. The van der Waals surface area contributed by atoms with Crippen LogP contribution < -0.4 is 5.32 Å². The van der Waals surface area contributed by atoms with E-state index < -0.39 is 9.84 Å². The van der Waals surface area contributed by atoms with E-state index in [1.54, 1.807) is 13.2 Å². The van der Waals surface area contributed by atoms with Gasteiger partial charge in [-0.2, -0.15) is 0 Å². The van der Waals surface area contributed by atoms with Crippen LogP contribution in [0.5, 0.6) is 0 Å². The van der Waals surface area contributed by atoms with Crippen LogP contribution in [0.2, 0.25) is 0 Å². The summed E-state index contributed by atoms with van der Waals surface area (Å²) in [4.78, 5) is 0.423. The van der Waals surface area contributed by atoms with Crippen molar-refractivity contribution in [3.63, 3.8) is 0 Å². The number of hydrogen-bond acceptors (Lipinski definition) is 4. The summed E-state index contributed by atoms with van der Waals surface area (Å²) in [6, 6.07) is 5.33. The SMILES string of the molecule is CCNC(COC)CS(=O)(=O)c1cc(C)ccc1C. The molecular formula is C14H23NO3S. The topological polar surface area (TPSA) is 55.4 Å². The minimum atomic E-state index is -3.30. The predicted molar refractivity (Wildman–Crippen MR) is 77.3 cm³/mol. The lowest BCUT2D eigenvalue weighted by Crippen LogP contribution is -2.39. The molecule has 0 spiro atoms. The molecule has 1 aromatic rings. The summed E-state index contributed by atoms with van der Waals surface area (Å²) in [5, 5.41) is 3.14. The van der Waals surface area contributed by atoms with Crippen LogP contribution in [0.3, 0.4) is 0 Å². The third-order valence-electron chi connectivity index (χ3n) is 2.96. The molecule has 4 nitrogen and oxygen atoms in total. The first-order valence-electron chi connectivity index (χ1n) is 6.43. The Balaban J connectivity index is 2.99. The second kappa shape index (κ2) is 7.03. The third-order valence-corrected chi connectivity index (χ3v) is 4.91. The van der Waals surface area contributed by atoms with E-state index in [0.29, 0.717) is 11.5 Å². The van der Waals surface area contributed by atoms with E-state index in [-0.39, 0.29) is 11.8 Å². The number of nitrogens with one attached hydrogen (secondary N) is 1. The van der Waals surface area contributed by atoms with Gasteiger partial charge in [0.15, 0.2) is 9.84 Å². The van der Waals surface area contributed by atoms with Crippen LogP contribution in [0.15, 0.2) is 23.1 Å². The van der Waals surface area contributed by atoms with Gasteiger partial charge in [-0.05, 0) is 37.6 Å². The number of likely N-dealkylation sites (N-methyl/N-ethyl adjacent to an activating group) is 1. The number of aryl methyl sites for hydroxylation is 2. The standard InChI is InChI=1S/C14H23NO3S/c1-5-15-13(9-18-4)10-19(16,17)14-8-11(2)6-7-12(14)3/h6-8,13,15H,5,9-10H2,1-4H3. The van der Waals surface area contributed by atoms with E-state index in [4.69, 9.17) is 4.74 Å². The number of rotatable bonds is 7. The molecule has 0 fully saturated rings. The molecule has 5 heteroatoms. The molecule has 0 saturated heterocycles. The zero-order valence-corrected chi connectivity index (χ0v) is 12.9. The summed E-state index contributed by atoms with van der Waals surface area (Å²) in [5.41, 5.74) is 1.74. The number of methoxy groups -OCH3 is 1. The van der Waals surface area contributed by atoms with Gasteiger partial charge < -0.3 is 10.1 Å². The van der Waals surface area contributed by atoms with Gasteiger partial charge in [-0.15, -0.1) is 0 Å². The predicted octanol–water partition coefficient (Wildman–Crippen LogP) is 1.70. The molecule has 1 atom stereocenters. The number of hydrogen-bond donors (Lipinski definition) is 1. The molecule has 0 aliphatic heterocycles. The molecule has 1 N–H and O–H groups in total. The van der Waals surface area contributed by atoms with Gasteiger partial charge >= 0.3 is 0 Å². The minimum absolute atomic E-state index is 0.0545. The van der Waals surface area contributed by atoms with Gasteiger partial charge in [0, 0.05) is 13.2 Å². The fourth-order valence-electron chi connectivity index (χ4n) is 2.05. The third kappa shape index (κ3) is 4.60. The average Bonchev–Trinajstić information content (AvgIpc) is 2.32. The number of sulfone groups is 1. The smallest absolute Gasteiger partial charge is 0.180 e. The van der Waals surface area contributed by atoms with Crippen LogP contribution in [0, 0.1) is 13.8 Å². The van der Waals surface area contributed by atoms with Crippen molar-refractivity contribution >= 4 is 9.84 Å². The molecule has 0 radical (unpaired) electrons. The lowest BCUT2D eigenvalue weighted by atomic mass is 10.2. The Morgan fingerprint density at radius 2 is 2.00 bits per heavy atom. The summed E-state index contributed by atoms with van der Waals surface area (Å²) in [6.45, 7) is 6.78. The Hall–Kier alpha value is -0.910. The van der Waals surface area contributed by atoms with Crippen LogP contribution >= 0.6 is 0 Å². The van der Waals surface area contributed by atoms with Crippen molar-refractivity contribution in [2.45, 2.75) is 31.7 Å². The van der Waals surface area contributed by atoms with Crippen molar-refractivity contribution in [1.82, 2.24) is 5.32 Å². The van der Waals surface area contributed by atoms with Crippen molar-refractivity contribution in [3.05, 3.63) is 29.3 Å². The first kappa shape index (κ1) is 16.1. The fraction of sp³-hybridized carbons (Fsp3) is 0.571. The molecule has 1 aromatic carbocycles. The maximum atomic E-state index is 12.5. The molecule has 19 heavy (non-hydrogen) atoms. The Morgan fingerprint density at radius 1 is 1.32 bits per heavy atom. The quantitative estimate of drug-likeness (QED) is 0.828. The van der Waals surface area contributed by atoms with Gasteiger partial charge in [0.05, 0.1) is 17.3 Å². The van der Waals surface area contributed by atoms with Crippen LogP contribution in [0.25, 0.3) is 0 Å². The van der Waals surface area contributed by atoms with Gasteiger partial charge in [-0.1, -0.05) is 19.1 Å². The molecule has 1 unspecified atom stereocenters. The fourth-order valence-corrected chi connectivity index (χ4v) is 3.90. The molecule has 0 saturated carbocycles. The lowest BCUT2D eigenvalue weighted by Gasteiger charge is -2.18. The lowest BCUT2D eigenvalue weighted by molar-refractivity contribution is 0.174. The minimum Gasteiger partial charge on any atom is -0.383 e. The summed E-state index contributed by atoms with van der Waals surface area (Å²) in [5.74, 6) is 0.0545. The van der Waals surface area contributed by atoms with E-state index >= 15 is 0 Å². The highest BCUT2D eigenvalue weighted by Crippen LogP contribution is 2.19. The van der Waals surface area contributed by atoms with E-state index in [0.717, 1.165) is 17.7 Å². The van der Waals surface area contributed by atoms with E-state index in [9.17, 15) is 8.42 Å². The molecular weight excluding hydrogens is 262 g/mol. The average molecular weight is 285 g/mol. The normalized spacial score (nSPS) is 13.5. The van der Waals surface area contributed by atoms with E-state index in [1.807, 2.05) is 32.9 Å². The van der Waals surface area contributed by atoms with Crippen LogP contribution in [0.1, 0.15) is 18.1 Å². The summed E-state index contributed by atoms with van der Waals surface area (Å²) in [7, 11) is -1.72. The van der Waals surface area contributed by atoms with Crippen molar-refractivity contribution in [2.24, 2.45) is 0 Å². The summed E-state index contributed by atoms with van der Waals surface area (Å²) >= 11 is 0. The first-order chi connectivity index (χ1) is 8.90. The highest BCUT2D eigenvalue weighted by Gasteiger charge is 2.22. The van der Waals surface area contributed by atoms with Crippen LogP contribution in [-0.4, -0.2) is 40.5 Å². The second-order valence-corrected chi connectivity index (χ2v) is 6.76. The molecule has 0 bridgehead atoms. The Bertz CT molecular complexity index is 505. The van der Waals surface area contributed by atoms with E-state index in [1.165, 1.54) is 0 Å². The molecule has 0 amide bonds. The molecule has 0 heterocycles. The van der Waals surface area contributed by atoms with Gasteiger partial charge in [0.2, 0.25) is 0 Å². The second-order valence-electron chi connectivity index (χ2n) is 4.76. The van der Waals surface area contributed by atoms with Gasteiger partial charge in [-0.25, -0.2) is 8.42 Å². The monoisotopic (exact) mass is 285 g/mol. The maximum absolute atomic E-state index is 12.5. The van der Waals surface area contributed by atoms with E-state index in [2.05, 4.69) is 5.32 Å². The first-order valence-corrected chi connectivity index (χ1v) is 8.08. The molecule has 108 valence electrons. The maximum Gasteiger partial charge on any atom is 0.180 e. The highest BCUT2D eigenvalue weighted by atomic mass is 32.2. The molecule has 1 rings (SSSR count).